The van der Waals surface area contributed by atoms with Crippen LogP contribution in [0.25, 0.3) is 0 Å². The lowest BCUT2D eigenvalue weighted by Gasteiger charge is -2.09. The molecule has 0 aliphatic carbocycles. The van der Waals surface area contributed by atoms with Gasteiger partial charge in [0.2, 0.25) is 0 Å². The summed E-state index contributed by atoms with van der Waals surface area (Å²) >= 11 is 14.7. The lowest BCUT2D eigenvalue weighted by Crippen LogP contribution is -2.04. The fraction of sp³-hybridized carbons (Fsp3) is 0. The van der Waals surface area contributed by atoms with E-state index in [1.54, 1.807) is 0 Å². The molecule has 0 saturated heterocycles. The van der Waals surface area contributed by atoms with E-state index in [9.17, 15) is 4.39 Å². The summed E-state index contributed by atoms with van der Waals surface area (Å²) in [5.74, 6) is -0.461. The molecule has 1 N–H and O–H groups in total. The van der Waals surface area contributed by atoms with Crippen molar-refractivity contribution in [3.05, 3.63) is 29.0 Å². The maximum atomic E-state index is 12.6. The maximum absolute atomic E-state index is 12.6. The van der Waals surface area contributed by atoms with Gasteiger partial charge >= 0.3 is 0 Å². The van der Waals surface area contributed by atoms with Crippen LogP contribution in [0.4, 0.5) is 10.1 Å². The van der Waals surface area contributed by atoms with Crippen molar-refractivity contribution in [2.75, 3.05) is 5.32 Å². The third-order valence-corrected chi connectivity index (χ3v) is 1.66. The van der Waals surface area contributed by atoms with Crippen molar-refractivity contribution in [3.8, 4) is 0 Å². The molecule has 0 aliphatic rings. The third-order valence-electron chi connectivity index (χ3n) is 1.17. The van der Waals surface area contributed by atoms with E-state index in [0.29, 0.717) is 5.69 Å². The van der Waals surface area contributed by atoms with Crippen LogP contribution in [-0.4, -0.2) is 4.32 Å². The second-order valence-corrected chi connectivity index (χ2v) is 3.52. The number of nitrogens with one attached hydrogen (secondary N) is 1. The molecule has 0 unspecified atom stereocenters. The van der Waals surface area contributed by atoms with Crippen LogP contribution in [0.3, 0.4) is 0 Å². The Labute approximate surface area is 85.3 Å². The Morgan fingerprint density at radius 2 is 2.25 bits per heavy atom. The fourth-order valence-corrected chi connectivity index (χ4v) is 1.11. The monoisotopic (exact) mass is 220 g/mol. The molecule has 5 heteroatoms. The highest BCUT2D eigenvalue weighted by atomic mass is 35.5. The quantitative estimate of drug-likeness (QED) is 0.578. The Morgan fingerprint density at radius 1 is 1.58 bits per heavy atom. The minimum absolute atomic E-state index is 0.0475. The van der Waals surface area contributed by atoms with Crippen molar-refractivity contribution in [3.63, 3.8) is 0 Å². The molecule has 12 heavy (non-hydrogen) atoms. The summed E-state index contributed by atoms with van der Waals surface area (Å²) in [6, 6.07) is 4.19. The first kappa shape index (κ1) is 9.64. The minimum atomic E-state index is -0.461. The number of halogens is 2. The molecule has 0 heterocycles. The van der Waals surface area contributed by atoms with E-state index in [4.69, 9.17) is 11.6 Å². The summed E-state index contributed by atoms with van der Waals surface area (Å²) < 4.78 is 12.8. The first-order chi connectivity index (χ1) is 5.59. The Morgan fingerprint density at radius 3 is 2.75 bits per heavy atom. The van der Waals surface area contributed by atoms with E-state index < -0.39 is 5.82 Å². The van der Waals surface area contributed by atoms with Crippen LogP contribution in [0.5, 0.6) is 0 Å². The van der Waals surface area contributed by atoms with Crippen LogP contribution >= 0.6 is 23.8 Å². The summed E-state index contributed by atoms with van der Waals surface area (Å²) in [5, 5.41) is 2.72. The fourth-order valence-electron chi connectivity index (χ4n) is 0.692. The molecule has 1 aromatic carbocycles. The maximum Gasteiger partial charge on any atom is 0.141 e. The van der Waals surface area contributed by atoms with Gasteiger partial charge in [0.05, 0.1) is 5.02 Å². The highest BCUT2D eigenvalue weighted by molar-refractivity contribution is 8.00. The van der Waals surface area contributed by atoms with E-state index >= 15 is 0 Å². The number of thiocarbonyl (C=S) groups is 1. The molecule has 64 valence electrons. The zero-order chi connectivity index (χ0) is 9.14. The molecule has 0 fully saturated rings. The molecule has 1 nitrogen and oxygen atoms in total. The van der Waals surface area contributed by atoms with Crippen molar-refractivity contribution >= 4 is 46.5 Å². The number of hydrogen-bond donors (Lipinski definition) is 1. The zero-order valence-electron chi connectivity index (χ0n) is 5.80. The van der Waals surface area contributed by atoms with Crippen LogP contribution in [0.15, 0.2) is 18.2 Å². The van der Waals surface area contributed by atoms with Crippen molar-refractivity contribution in [1.82, 2.24) is 0 Å². The second-order valence-electron chi connectivity index (χ2n) is 2.04. The highest BCUT2D eigenvalue weighted by Gasteiger charge is 1.98. The van der Waals surface area contributed by atoms with Crippen molar-refractivity contribution in [2.45, 2.75) is 0 Å². The molecule has 0 amide bonds. The molecule has 0 saturated carbocycles. The molecule has 0 atom stereocenters. The van der Waals surface area contributed by atoms with Gasteiger partial charge in [-0.25, -0.2) is 4.39 Å². The Bertz CT molecular complexity index is 316. The van der Waals surface area contributed by atoms with Crippen molar-refractivity contribution < 1.29 is 4.39 Å². The predicted octanol–water partition coefficient (Wildman–Crippen LogP) is 2.72. The smallest absolute Gasteiger partial charge is 0.141 e. The van der Waals surface area contributed by atoms with Gasteiger partial charge in [0.1, 0.15) is 5.82 Å². The molecule has 1 aromatic rings. The van der Waals surface area contributed by atoms with Crippen molar-refractivity contribution in [1.29, 1.82) is 0 Å². The zero-order valence-corrected chi connectivity index (χ0v) is 8.19. The Hall–Kier alpha value is -0.450. The van der Waals surface area contributed by atoms with Gasteiger partial charge in [-0.1, -0.05) is 15.9 Å². The number of rotatable bonds is 1. The van der Waals surface area contributed by atoms with Crippen LogP contribution in [-0.2, 0) is 12.6 Å². The largest absolute Gasteiger partial charge is 0.411 e. The lowest BCUT2D eigenvalue weighted by molar-refractivity contribution is 0.628. The Balaban J connectivity index is 2.89. The SMILES string of the molecule is Fc1ccc(NC(=S)[S-])cc1Cl. The van der Waals surface area contributed by atoms with E-state index in [1.165, 1.54) is 18.2 Å². The molecule has 0 aromatic heterocycles. The van der Waals surface area contributed by atoms with Gasteiger partial charge in [-0.15, -0.1) is 0 Å². The third kappa shape index (κ3) is 2.55. The molecular weight excluding hydrogens is 217 g/mol. The van der Waals surface area contributed by atoms with E-state index in [1.807, 2.05) is 0 Å². The van der Waals surface area contributed by atoms with Gasteiger partial charge in [0.25, 0.3) is 0 Å². The summed E-state index contributed by atoms with van der Waals surface area (Å²) in [5.41, 5.74) is 0.599. The first-order valence-electron chi connectivity index (χ1n) is 3.02. The summed E-state index contributed by atoms with van der Waals surface area (Å²) in [6.07, 6.45) is 0. The minimum Gasteiger partial charge on any atom is -0.411 e. The standard InChI is InChI=1S/C7H5ClFNS2/c8-5-3-4(10-7(11)12)1-2-6(5)9/h1-3H,(H2,10,11,12)/p-1. The van der Waals surface area contributed by atoms with E-state index in [2.05, 4.69) is 30.2 Å². The molecule has 1 rings (SSSR count). The first-order valence-corrected chi connectivity index (χ1v) is 4.22. The molecule has 0 bridgehead atoms. The van der Waals surface area contributed by atoms with Gasteiger partial charge in [-0.05, 0) is 18.2 Å². The normalized spacial score (nSPS) is 9.50. The van der Waals surface area contributed by atoms with Crippen LogP contribution in [0, 0.1) is 5.82 Å². The summed E-state index contributed by atoms with van der Waals surface area (Å²) in [4.78, 5) is 0. The lowest BCUT2D eigenvalue weighted by atomic mass is 10.3. The molecule has 0 aliphatic heterocycles. The van der Waals surface area contributed by atoms with Gasteiger partial charge in [0.15, 0.2) is 0 Å². The Kier molecular flexibility index (Phi) is 3.20. The van der Waals surface area contributed by atoms with Gasteiger partial charge in [-0.2, -0.15) is 0 Å². The van der Waals surface area contributed by atoms with Crippen LogP contribution in [0.1, 0.15) is 0 Å². The van der Waals surface area contributed by atoms with E-state index in [0.717, 1.165) is 0 Å². The average Bonchev–Trinajstić information content (AvgIpc) is 1.96. The molecule has 0 radical (unpaired) electrons. The van der Waals surface area contributed by atoms with Crippen molar-refractivity contribution in [2.24, 2.45) is 0 Å². The second kappa shape index (κ2) is 3.98. The van der Waals surface area contributed by atoms with Gasteiger partial charge in [0, 0.05) is 5.69 Å². The molecular formula is C7H4ClFNS2-. The van der Waals surface area contributed by atoms with Crippen LogP contribution in [0.2, 0.25) is 5.02 Å². The summed E-state index contributed by atoms with van der Waals surface area (Å²) in [6.45, 7) is 0. The number of anilines is 1. The number of hydrogen-bond acceptors (Lipinski definition) is 2. The van der Waals surface area contributed by atoms with Gasteiger partial charge in [-0.3, -0.25) is 0 Å². The molecule has 0 spiro atoms. The summed E-state index contributed by atoms with van der Waals surface area (Å²) in [7, 11) is 0. The van der Waals surface area contributed by atoms with Gasteiger partial charge < -0.3 is 30.2 Å². The topological polar surface area (TPSA) is 12.0 Å². The highest BCUT2D eigenvalue weighted by Crippen LogP contribution is 2.19. The average molecular weight is 221 g/mol. The van der Waals surface area contributed by atoms with Crippen LogP contribution < -0.4 is 5.32 Å². The number of benzene rings is 1. The predicted molar refractivity (Wildman–Crippen MR) is 55.0 cm³/mol. The van der Waals surface area contributed by atoms with E-state index in [-0.39, 0.29) is 9.34 Å².